The Kier molecular flexibility index (Phi) is 3.73. The Hall–Kier alpha value is -1.79. The number of hydrogen-bond acceptors (Lipinski definition) is 3. The van der Waals surface area contributed by atoms with Crippen LogP contribution in [-0.4, -0.2) is 16.1 Å². The van der Waals surface area contributed by atoms with Gasteiger partial charge < -0.3 is 0 Å². The Morgan fingerprint density at radius 2 is 2.05 bits per heavy atom. The summed E-state index contributed by atoms with van der Waals surface area (Å²) in [5.74, 6) is -0.306. The van der Waals surface area contributed by atoms with E-state index in [1.807, 2.05) is 13.0 Å². The maximum absolute atomic E-state index is 13.0. The predicted molar refractivity (Wildman–Crippen MR) is 84.7 cm³/mol. The highest BCUT2D eigenvalue weighted by atomic mass is 79.9. The SMILES string of the molecule is Cc1sc(Br)cc1-c1nn(-c2ccc(F)cc2)cc1C=O. The fraction of sp³-hybridized carbons (Fsp3) is 0.0667. The van der Waals surface area contributed by atoms with Crippen molar-refractivity contribution in [3.05, 3.63) is 56.6 Å². The van der Waals surface area contributed by atoms with Gasteiger partial charge in [-0.05, 0) is 53.2 Å². The molecule has 0 amide bonds. The number of thiophene rings is 1. The monoisotopic (exact) mass is 364 g/mol. The molecular weight excluding hydrogens is 355 g/mol. The highest BCUT2D eigenvalue weighted by Gasteiger charge is 2.15. The van der Waals surface area contributed by atoms with Crippen molar-refractivity contribution in [2.45, 2.75) is 6.92 Å². The first-order chi connectivity index (χ1) is 10.1. The van der Waals surface area contributed by atoms with Crippen LogP contribution in [0.15, 0.2) is 40.3 Å². The summed E-state index contributed by atoms with van der Waals surface area (Å²) in [6.45, 7) is 1.98. The molecule has 0 unspecified atom stereocenters. The largest absolute Gasteiger partial charge is 0.298 e. The molecule has 3 aromatic rings. The topological polar surface area (TPSA) is 34.9 Å². The predicted octanol–water partition coefficient (Wildman–Crippen LogP) is 4.62. The third-order valence-electron chi connectivity index (χ3n) is 3.10. The van der Waals surface area contributed by atoms with E-state index in [9.17, 15) is 9.18 Å². The average molecular weight is 365 g/mol. The van der Waals surface area contributed by atoms with Gasteiger partial charge in [0.05, 0.1) is 15.0 Å². The molecule has 106 valence electrons. The second-order valence-corrected chi connectivity index (χ2v) is 7.13. The highest BCUT2D eigenvalue weighted by Crippen LogP contribution is 2.34. The molecule has 0 bridgehead atoms. The first kappa shape index (κ1) is 14.2. The summed E-state index contributed by atoms with van der Waals surface area (Å²) in [5, 5.41) is 4.47. The summed E-state index contributed by atoms with van der Waals surface area (Å²) in [5.41, 5.74) is 2.77. The number of aryl methyl sites for hydroxylation is 1. The first-order valence-electron chi connectivity index (χ1n) is 6.15. The minimum absolute atomic E-state index is 0.306. The maximum atomic E-state index is 13.0. The lowest BCUT2D eigenvalue weighted by atomic mass is 10.1. The fourth-order valence-electron chi connectivity index (χ4n) is 2.09. The standard InChI is InChI=1S/C15H10BrFN2OS/c1-9-13(6-14(16)21-9)15-10(8-20)7-19(18-15)12-4-2-11(17)3-5-12/h2-8H,1H3. The molecule has 0 aliphatic carbocycles. The van der Waals surface area contributed by atoms with E-state index >= 15 is 0 Å². The van der Waals surface area contributed by atoms with Gasteiger partial charge in [0, 0.05) is 16.6 Å². The molecule has 3 rings (SSSR count). The van der Waals surface area contributed by atoms with Crippen LogP contribution in [0.4, 0.5) is 4.39 Å². The van der Waals surface area contributed by atoms with Gasteiger partial charge >= 0.3 is 0 Å². The number of nitrogens with zero attached hydrogens (tertiary/aromatic N) is 2. The summed E-state index contributed by atoms with van der Waals surface area (Å²) in [6.07, 6.45) is 2.44. The van der Waals surface area contributed by atoms with Crippen molar-refractivity contribution >= 4 is 33.6 Å². The molecule has 3 nitrogen and oxygen atoms in total. The number of aromatic nitrogens is 2. The normalized spacial score (nSPS) is 10.8. The molecule has 21 heavy (non-hydrogen) atoms. The van der Waals surface area contributed by atoms with Gasteiger partial charge in [-0.3, -0.25) is 4.79 Å². The van der Waals surface area contributed by atoms with Gasteiger partial charge in [-0.15, -0.1) is 11.3 Å². The first-order valence-corrected chi connectivity index (χ1v) is 7.76. The summed E-state index contributed by atoms with van der Waals surface area (Å²) in [7, 11) is 0. The number of carbonyl (C=O) groups is 1. The van der Waals surface area contributed by atoms with E-state index in [0.717, 1.165) is 20.5 Å². The highest BCUT2D eigenvalue weighted by molar-refractivity contribution is 9.11. The molecule has 0 spiro atoms. The van der Waals surface area contributed by atoms with Crippen LogP contribution in [-0.2, 0) is 0 Å². The van der Waals surface area contributed by atoms with Gasteiger partial charge in [-0.25, -0.2) is 9.07 Å². The van der Waals surface area contributed by atoms with E-state index in [1.54, 1.807) is 34.3 Å². The smallest absolute Gasteiger partial charge is 0.153 e. The van der Waals surface area contributed by atoms with Crippen molar-refractivity contribution in [2.75, 3.05) is 0 Å². The van der Waals surface area contributed by atoms with Crippen molar-refractivity contribution < 1.29 is 9.18 Å². The fourth-order valence-corrected chi connectivity index (χ4v) is 3.78. The van der Waals surface area contributed by atoms with Crippen LogP contribution in [0.2, 0.25) is 0 Å². The van der Waals surface area contributed by atoms with Crippen molar-refractivity contribution in [3.63, 3.8) is 0 Å². The van der Waals surface area contributed by atoms with Crippen LogP contribution in [0.3, 0.4) is 0 Å². The van der Waals surface area contributed by atoms with Crippen LogP contribution >= 0.6 is 27.3 Å². The number of benzene rings is 1. The molecule has 0 N–H and O–H groups in total. The molecule has 0 aliphatic heterocycles. The second kappa shape index (κ2) is 5.54. The molecule has 0 saturated heterocycles. The van der Waals surface area contributed by atoms with Crippen LogP contribution in [0.1, 0.15) is 15.2 Å². The molecule has 0 fully saturated rings. The third kappa shape index (κ3) is 2.69. The molecule has 2 aromatic heterocycles. The molecule has 0 atom stereocenters. The van der Waals surface area contributed by atoms with E-state index < -0.39 is 0 Å². The molecule has 6 heteroatoms. The van der Waals surface area contributed by atoms with E-state index in [-0.39, 0.29) is 5.82 Å². The minimum Gasteiger partial charge on any atom is -0.298 e. The van der Waals surface area contributed by atoms with Gasteiger partial charge in [0.2, 0.25) is 0 Å². The molecule has 0 aliphatic rings. The Labute approximate surface area is 133 Å². The summed E-state index contributed by atoms with van der Waals surface area (Å²) in [6, 6.07) is 7.92. The Morgan fingerprint density at radius 3 is 2.62 bits per heavy atom. The quantitative estimate of drug-likeness (QED) is 0.635. The molecular formula is C15H10BrFN2OS. The summed E-state index contributed by atoms with van der Waals surface area (Å²) in [4.78, 5) is 12.4. The Bertz CT molecular complexity index is 808. The van der Waals surface area contributed by atoms with Gasteiger partial charge in [0.15, 0.2) is 6.29 Å². The Morgan fingerprint density at radius 1 is 1.33 bits per heavy atom. The zero-order valence-corrected chi connectivity index (χ0v) is 13.4. The lowest BCUT2D eigenvalue weighted by molar-refractivity contribution is 0.112. The number of rotatable bonds is 3. The van der Waals surface area contributed by atoms with Crippen molar-refractivity contribution in [3.8, 4) is 16.9 Å². The molecule has 0 radical (unpaired) electrons. The van der Waals surface area contributed by atoms with E-state index in [0.29, 0.717) is 16.9 Å². The van der Waals surface area contributed by atoms with Gasteiger partial charge in [-0.1, -0.05) is 0 Å². The van der Waals surface area contributed by atoms with Gasteiger partial charge in [0.25, 0.3) is 0 Å². The number of carbonyl (C=O) groups excluding carboxylic acids is 1. The third-order valence-corrected chi connectivity index (χ3v) is 4.66. The van der Waals surface area contributed by atoms with E-state index in [4.69, 9.17) is 0 Å². The second-order valence-electron chi connectivity index (χ2n) is 4.49. The van der Waals surface area contributed by atoms with E-state index in [2.05, 4.69) is 21.0 Å². The van der Waals surface area contributed by atoms with E-state index in [1.165, 1.54) is 12.1 Å². The number of aldehydes is 1. The lowest BCUT2D eigenvalue weighted by Crippen LogP contribution is -1.94. The molecule has 1 aromatic carbocycles. The zero-order valence-electron chi connectivity index (χ0n) is 11.0. The van der Waals surface area contributed by atoms with Crippen LogP contribution in [0.25, 0.3) is 16.9 Å². The average Bonchev–Trinajstić information content (AvgIpc) is 3.02. The van der Waals surface area contributed by atoms with Gasteiger partial charge in [0.1, 0.15) is 11.5 Å². The van der Waals surface area contributed by atoms with Crippen LogP contribution in [0, 0.1) is 12.7 Å². The summed E-state index contributed by atoms with van der Waals surface area (Å²) < 4.78 is 15.6. The minimum atomic E-state index is -0.306. The van der Waals surface area contributed by atoms with Crippen molar-refractivity contribution in [2.24, 2.45) is 0 Å². The number of hydrogen-bond donors (Lipinski definition) is 0. The Balaban J connectivity index is 2.12. The van der Waals surface area contributed by atoms with Crippen molar-refractivity contribution in [1.29, 1.82) is 0 Å². The van der Waals surface area contributed by atoms with Crippen LogP contribution in [0.5, 0.6) is 0 Å². The lowest BCUT2D eigenvalue weighted by Gasteiger charge is -2.00. The van der Waals surface area contributed by atoms with Crippen molar-refractivity contribution in [1.82, 2.24) is 9.78 Å². The van der Waals surface area contributed by atoms with Gasteiger partial charge in [-0.2, -0.15) is 5.10 Å². The molecule has 0 saturated carbocycles. The maximum Gasteiger partial charge on any atom is 0.153 e. The molecule has 2 heterocycles. The van der Waals surface area contributed by atoms with Crippen LogP contribution < -0.4 is 0 Å². The zero-order chi connectivity index (χ0) is 15.0. The number of halogens is 2. The summed E-state index contributed by atoms with van der Waals surface area (Å²) >= 11 is 5.03.